The van der Waals surface area contributed by atoms with Crippen LogP contribution in [-0.4, -0.2) is 76.8 Å². The first-order valence-electron chi connectivity index (χ1n) is 12.9. The summed E-state index contributed by atoms with van der Waals surface area (Å²) in [6, 6.07) is 16.3. The van der Waals surface area contributed by atoms with Gasteiger partial charge in [0, 0.05) is 18.7 Å². The van der Waals surface area contributed by atoms with Crippen LogP contribution < -0.4 is 16.4 Å². The Balaban J connectivity index is 0.00000507. The van der Waals surface area contributed by atoms with E-state index in [4.69, 9.17) is 5.73 Å². The summed E-state index contributed by atoms with van der Waals surface area (Å²) < 4.78 is 0. The lowest BCUT2D eigenvalue weighted by Crippen LogP contribution is -2.54. The number of likely N-dealkylation sites (tertiary alicyclic amines) is 1. The first kappa shape index (κ1) is 31.2. The Morgan fingerprint density at radius 3 is 2.32 bits per heavy atom. The van der Waals surface area contributed by atoms with Gasteiger partial charge < -0.3 is 31.5 Å². The predicted octanol–water partition coefficient (Wildman–Crippen LogP) is 1.97. The van der Waals surface area contributed by atoms with Gasteiger partial charge in [0.05, 0.1) is 18.2 Å². The fourth-order valence-corrected chi connectivity index (χ4v) is 4.69. The van der Waals surface area contributed by atoms with Crippen LogP contribution in [0.1, 0.15) is 48.0 Å². The monoisotopic (exact) mass is 546 g/mol. The molecule has 6 N–H and O–H groups in total. The molecule has 1 aliphatic rings. The summed E-state index contributed by atoms with van der Waals surface area (Å²) in [5.41, 5.74) is 7.08. The predicted molar refractivity (Wildman–Crippen MR) is 148 cm³/mol. The van der Waals surface area contributed by atoms with Gasteiger partial charge in [0.2, 0.25) is 5.91 Å². The van der Waals surface area contributed by atoms with Crippen molar-refractivity contribution in [3.05, 3.63) is 71.8 Å². The lowest BCUT2D eigenvalue weighted by atomic mass is 9.99. The van der Waals surface area contributed by atoms with E-state index in [9.17, 15) is 24.6 Å². The van der Waals surface area contributed by atoms with Crippen LogP contribution in [0.3, 0.4) is 0 Å². The van der Waals surface area contributed by atoms with E-state index in [1.807, 2.05) is 36.4 Å². The van der Waals surface area contributed by atoms with E-state index in [-0.39, 0.29) is 30.8 Å². The van der Waals surface area contributed by atoms with Crippen molar-refractivity contribution in [2.45, 2.75) is 62.8 Å². The highest BCUT2D eigenvalue weighted by molar-refractivity contribution is 5.94. The molecule has 3 rings (SSSR count). The van der Waals surface area contributed by atoms with Crippen LogP contribution in [0.5, 0.6) is 0 Å². The smallest absolute Gasteiger partial charge is 0.326 e. The van der Waals surface area contributed by atoms with Crippen molar-refractivity contribution in [2.24, 2.45) is 5.73 Å². The molecule has 1 heterocycles. The van der Waals surface area contributed by atoms with Gasteiger partial charge >= 0.3 is 5.97 Å². The molecule has 1 unspecified atom stereocenters. The van der Waals surface area contributed by atoms with E-state index in [0.717, 1.165) is 12.0 Å². The zero-order valence-electron chi connectivity index (χ0n) is 21.5. The number of rotatable bonds is 14. The van der Waals surface area contributed by atoms with E-state index in [1.165, 1.54) is 4.90 Å². The number of carbonyl (C=O) groups excluding carboxylic acids is 2. The molecule has 208 valence electrons. The minimum Gasteiger partial charge on any atom is -0.480 e. The number of nitrogens with two attached hydrogens (primary N) is 1. The van der Waals surface area contributed by atoms with Crippen molar-refractivity contribution in [2.75, 3.05) is 19.6 Å². The molecule has 0 aromatic heterocycles. The minimum atomic E-state index is -1.00. The molecule has 38 heavy (non-hydrogen) atoms. The maximum Gasteiger partial charge on any atom is 0.326 e. The number of unbranched alkanes of at least 4 members (excludes halogenated alkanes) is 1. The number of aliphatic carboxylic acids is 1. The standard InChI is InChI=1S/C28H38N4O5.ClH/c29-16-8-7-14-22(27(35)32-17-9-15-24(32)28(36)37)30-19-25(33)23(18-20-10-3-1-4-11-20)31-26(34)21-12-5-2-6-13-21;/h1-6,10-13,22-25,30,33H,7-9,14-19,29H2,(H,31,34)(H,36,37);1H/t22-,23-,24-,25?;/m0./s1. The summed E-state index contributed by atoms with van der Waals surface area (Å²) in [5, 5.41) is 26.8. The fraction of sp³-hybridized carbons (Fsp3) is 0.464. The molecule has 2 amide bonds. The summed E-state index contributed by atoms with van der Waals surface area (Å²) in [4.78, 5) is 39.2. The quantitative estimate of drug-likeness (QED) is 0.228. The van der Waals surface area contributed by atoms with Crippen LogP contribution in [0.25, 0.3) is 0 Å². The Bertz CT molecular complexity index is 1010. The fourth-order valence-electron chi connectivity index (χ4n) is 4.69. The summed E-state index contributed by atoms with van der Waals surface area (Å²) in [6.07, 6.45) is 2.40. The number of nitrogens with one attached hydrogen (secondary N) is 2. The Labute approximate surface area is 230 Å². The number of benzene rings is 2. The number of hydrogen-bond donors (Lipinski definition) is 5. The van der Waals surface area contributed by atoms with E-state index in [2.05, 4.69) is 10.6 Å². The number of halogens is 1. The third kappa shape index (κ3) is 9.09. The van der Waals surface area contributed by atoms with Gasteiger partial charge in [0.25, 0.3) is 5.91 Å². The van der Waals surface area contributed by atoms with Crippen molar-refractivity contribution in [3.63, 3.8) is 0 Å². The first-order chi connectivity index (χ1) is 17.9. The third-order valence-electron chi connectivity index (χ3n) is 6.75. The number of hydrogen-bond acceptors (Lipinski definition) is 6. The van der Waals surface area contributed by atoms with Gasteiger partial charge in [-0.05, 0) is 56.3 Å². The molecule has 4 atom stereocenters. The van der Waals surface area contributed by atoms with Gasteiger partial charge in [0.15, 0.2) is 0 Å². The zero-order valence-corrected chi connectivity index (χ0v) is 22.3. The number of carboxylic acids is 1. The molecule has 0 spiro atoms. The molecule has 0 bridgehead atoms. The van der Waals surface area contributed by atoms with Gasteiger partial charge in [-0.1, -0.05) is 55.0 Å². The molecule has 2 aromatic carbocycles. The number of aliphatic hydroxyl groups excluding tert-OH is 1. The maximum atomic E-state index is 13.3. The normalized spacial score (nSPS) is 17.2. The molecule has 10 heteroatoms. The second kappa shape index (κ2) is 16.1. The minimum absolute atomic E-state index is 0. The number of carboxylic acid groups (broad SMARTS) is 1. The van der Waals surface area contributed by atoms with Gasteiger partial charge in [0.1, 0.15) is 6.04 Å². The molecule has 9 nitrogen and oxygen atoms in total. The van der Waals surface area contributed by atoms with Crippen molar-refractivity contribution in [3.8, 4) is 0 Å². The molecular formula is C28H39ClN4O5. The largest absolute Gasteiger partial charge is 0.480 e. The van der Waals surface area contributed by atoms with E-state index < -0.39 is 30.2 Å². The highest BCUT2D eigenvalue weighted by atomic mass is 35.5. The molecular weight excluding hydrogens is 508 g/mol. The summed E-state index contributed by atoms with van der Waals surface area (Å²) >= 11 is 0. The number of aliphatic hydroxyl groups is 1. The van der Waals surface area contributed by atoms with Crippen LogP contribution in [0.2, 0.25) is 0 Å². The van der Waals surface area contributed by atoms with Gasteiger partial charge in [-0.25, -0.2) is 4.79 Å². The van der Waals surface area contributed by atoms with Crippen LogP contribution in [0.4, 0.5) is 0 Å². The highest BCUT2D eigenvalue weighted by Crippen LogP contribution is 2.20. The first-order valence-corrected chi connectivity index (χ1v) is 12.9. The van der Waals surface area contributed by atoms with Crippen molar-refractivity contribution in [1.29, 1.82) is 0 Å². The summed E-state index contributed by atoms with van der Waals surface area (Å²) in [6.45, 7) is 0.948. The van der Waals surface area contributed by atoms with Crippen molar-refractivity contribution < 1.29 is 24.6 Å². The molecule has 2 aromatic rings. The Hall–Kier alpha value is -2.98. The van der Waals surface area contributed by atoms with Gasteiger partial charge in [-0.2, -0.15) is 0 Å². The van der Waals surface area contributed by atoms with Crippen LogP contribution in [-0.2, 0) is 16.0 Å². The summed E-state index contributed by atoms with van der Waals surface area (Å²) in [5.74, 6) is -1.57. The maximum absolute atomic E-state index is 13.3. The van der Waals surface area contributed by atoms with E-state index >= 15 is 0 Å². The number of carbonyl (C=O) groups is 3. The Kier molecular flexibility index (Phi) is 13.2. The lowest BCUT2D eigenvalue weighted by molar-refractivity contribution is -0.149. The number of amides is 2. The van der Waals surface area contributed by atoms with E-state index in [1.54, 1.807) is 24.3 Å². The molecule has 1 saturated heterocycles. The highest BCUT2D eigenvalue weighted by Gasteiger charge is 2.37. The van der Waals surface area contributed by atoms with Crippen molar-refractivity contribution in [1.82, 2.24) is 15.5 Å². The second-order valence-electron chi connectivity index (χ2n) is 9.48. The van der Waals surface area contributed by atoms with Crippen LogP contribution >= 0.6 is 12.4 Å². The zero-order chi connectivity index (χ0) is 26.6. The SMILES string of the molecule is Cl.NCCCC[C@H](NCC(O)[C@H](Cc1ccccc1)NC(=O)c1ccccc1)C(=O)N1CCC[C@H]1C(=O)O. The Morgan fingerprint density at radius 1 is 1.03 bits per heavy atom. The molecule has 1 aliphatic heterocycles. The molecule has 0 radical (unpaired) electrons. The molecule has 0 aliphatic carbocycles. The second-order valence-corrected chi connectivity index (χ2v) is 9.48. The third-order valence-corrected chi connectivity index (χ3v) is 6.75. The average Bonchev–Trinajstić information content (AvgIpc) is 3.41. The van der Waals surface area contributed by atoms with Crippen LogP contribution in [0, 0.1) is 0 Å². The van der Waals surface area contributed by atoms with Crippen LogP contribution in [0.15, 0.2) is 60.7 Å². The average molecular weight is 547 g/mol. The molecule has 1 fully saturated rings. The topological polar surface area (TPSA) is 145 Å². The number of nitrogens with zero attached hydrogens (tertiary/aromatic N) is 1. The van der Waals surface area contributed by atoms with Gasteiger partial charge in [-0.15, -0.1) is 12.4 Å². The van der Waals surface area contributed by atoms with Gasteiger partial charge in [-0.3, -0.25) is 9.59 Å². The lowest BCUT2D eigenvalue weighted by Gasteiger charge is -2.30. The molecule has 0 saturated carbocycles. The van der Waals surface area contributed by atoms with Crippen molar-refractivity contribution >= 4 is 30.2 Å². The Morgan fingerprint density at radius 2 is 1.68 bits per heavy atom. The summed E-state index contributed by atoms with van der Waals surface area (Å²) in [7, 11) is 0. The van der Waals surface area contributed by atoms with E-state index in [0.29, 0.717) is 50.8 Å².